The molecule has 0 atom stereocenters. The van der Waals surface area contributed by atoms with Gasteiger partial charge in [0.15, 0.2) is 0 Å². The molecule has 0 saturated carbocycles. The summed E-state index contributed by atoms with van der Waals surface area (Å²) in [6.07, 6.45) is -0.282. The van der Waals surface area contributed by atoms with E-state index in [2.05, 4.69) is 54.3 Å². The number of imidazole rings is 1. The maximum atomic E-state index is 12.3. The highest BCUT2D eigenvalue weighted by atomic mass is 79.9. The molecule has 7 nitrogen and oxygen atoms in total. The van der Waals surface area contributed by atoms with Gasteiger partial charge < -0.3 is 19.1 Å². The highest BCUT2D eigenvalue weighted by Gasteiger charge is 2.28. The molecule has 0 unspecified atom stereocenters. The SMILES string of the molecule is CCn1c(N2CCN(C(=O)OC(C)(C)C)CC2)nc2c(C#N)c(Br)c(Br)cc21. The van der Waals surface area contributed by atoms with Crippen LogP contribution in [0.4, 0.5) is 10.7 Å². The third-order valence-corrected chi connectivity index (χ3v) is 6.54. The number of ether oxygens (including phenoxy) is 1. The van der Waals surface area contributed by atoms with Crippen molar-refractivity contribution in [1.82, 2.24) is 14.5 Å². The zero-order valence-electron chi connectivity index (χ0n) is 16.4. The minimum atomic E-state index is -0.501. The van der Waals surface area contributed by atoms with Gasteiger partial charge in [-0.2, -0.15) is 5.26 Å². The Morgan fingerprint density at radius 3 is 2.46 bits per heavy atom. The maximum absolute atomic E-state index is 12.3. The first-order valence-electron chi connectivity index (χ1n) is 9.17. The van der Waals surface area contributed by atoms with Crippen molar-refractivity contribution in [3.05, 3.63) is 20.6 Å². The smallest absolute Gasteiger partial charge is 0.410 e. The molecule has 150 valence electrons. The number of rotatable bonds is 2. The number of carbonyl (C=O) groups is 1. The Bertz CT molecular complexity index is 950. The van der Waals surface area contributed by atoms with Crippen LogP contribution in [0.2, 0.25) is 0 Å². The van der Waals surface area contributed by atoms with Gasteiger partial charge in [-0.15, -0.1) is 0 Å². The molecule has 1 aromatic heterocycles. The van der Waals surface area contributed by atoms with E-state index in [4.69, 9.17) is 9.72 Å². The Morgan fingerprint density at radius 1 is 1.29 bits per heavy atom. The Kier molecular flexibility index (Phi) is 5.92. The number of aryl methyl sites for hydroxylation is 1. The quantitative estimate of drug-likeness (QED) is 0.591. The summed E-state index contributed by atoms with van der Waals surface area (Å²) in [5.74, 6) is 0.822. The number of amides is 1. The van der Waals surface area contributed by atoms with Gasteiger partial charge in [0.25, 0.3) is 0 Å². The molecule has 2 heterocycles. The summed E-state index contributed by atoms with van der Waals surface area (Å²) in [5.41, 5.74) is 1.62. The predicted molar refractivity (Wildman–Crippen MR) is 116 cm³/mol. The average molecular weight is 513 g/mol. The Hall–Kier alpha value is -1.79. The molecule has 1 fully saturated rings. The maximum Gasteiger partial charge on any atom is 0.410 e. The second kappa shape index (κ2) is 7.91. The number of hydrogen-bond acceptors (Lipinski definition) is 5. The molecule has 1 aliphatic rings. The van der Waals surface area contributed by atoms with Crippen molar-refractivity contribution in [3.8, 4) is 6.07 Å². The average Bonchev–Trinajstić information content (AvgIpc) is 2.99. The van der Waals surface area contributed by atoms with Crippen LogP contribution in [0.1, 0.15) is 33.3 Å². The summed E-state index contributed by atoms with van der Waals surface area (Å²) in [6, 6.07) is 4.23. The van der Waals surface area contributed by atoms with Gasteiger partial charge in [0.1, 0.15) is 17.2 Å². The van der Waals surface area contributed by atoms with E-state index in [1.54, 1.807) is 4.90 Å². The van der Waals surface area contributed by atoms with Crippen molar-refractivity contribution in [1.29, 1.82) is 5.26 Å². The Labute approximate surface area is 181 Å². The first kappa shape index (κ1) is 20.9. The summed E-state index contributed by atoms with van der Waals surface area (Å²) >= 11 is 6.98. The van der Waals surface area contributed by atoms with Crippen molar-refractivity contribution in [2.75, 3.05) is 31.1 Å². The first-order chi connectivity index (χ1) is 13.2. The zero-order valence-corrected chi connectivity index (χ0v) is 19.6. The lowest BCUT2D eigenvalue weighted by Crippen LogP contribution is -2.50. The van der Waals surface area contributed by atoms with E-state index >= 15 is 0 Å². The second-order valence-electron chi connectivity index (χ2n) is 7.64. The topological polar surface area (TPSA) is 74.4 Å². The largest absolute Gasteiger partial charge is 0.444 e. The molecule has 0 aliphatic carbocycles. The van der Waals surface area contributed by atoms with Crippen molar-refractivity contribution in [3.63, 3.8) is 0 Å². The van der Waals surface area contributed by atoms with Gasteiger partial charge in [-0.1, -0.05) is 0 Å². The van der Waals surface area contributed by atoms with E-state index in [1.807, 2.05) is 26.8 Å². The number of halogens is 2. The lowest BCUT2D eigenvalue weighted by molar-refractivity contribution is 0.0240. The number of aromatic nitrogens is 2. The van der Waals surface area contributed by atoms with E-state index in [-0.39, 0.29) is 6.09 Å². The van der Waals surface area contributed by atoms with Crippen molar-refractivity contribution >= 4 is 54.9 Å². The van der Waals surface area contributed by atoms with Gasteiger partial charge in [0, 0.05) is 37.2 Å². The molecular formula is C19H23Br2N5O2. The highest BCUT2D eigenvalue weighted by Crippen LogP contribution is 2.35. The lowest BCUT2D eigenvalue weighted by atomic mass is 10.2. The van der Waals surface area contributed by atoms with Gasteiger partial charge in [-0.3, -0.25) is 0 Å². The molecule has 0 bridgehead atoms. The summed E-state index contributed by atoms with van der Waals surface area (Å²) < 4.78 is 9.12. The number of benzene rings is 1. The normalized spacial score (nSPS) is 15.0. The van der Waals surface area contributed by atoms with Crippen LogP contribution in [0.15, 0.2) is 15.0 Å². The standard InChI is InChI=1S/C19H23Br2N5O2/c1-5-26-14-10-13(20)15(21)12(11-22)16(14)23-17(26)24-6-8-25(9-7-24)18(27)28-19(2,3)4/h10H,5-9H2,1-4H3. The summed E-state index contributed by atoms with van der Waals surface area (Å²) in [6.45, 7) is 10.9. The molecule has 2 aromatic rings. The van der Waals surface area contributed by atoms with Crippen molar-refractivity contribution in [2.24, 2.45) is 0 Å². The monoisotopic (exact) mass is 511 g/mol. The molecule has 3 rings (SSSR count). The van der Waals surface area contributed by atoms with Crippen LogP contribution in [0.5, 0.6) is 0 Å². The van der Waals surface area contributed by atoms with Gasteiger partial charge >= 0.3 is 6.09 Å². The Morgan fingerprint density at radius 2 is 1.93 bits per heavy atom. The Balaban J connectivity index is 1.87. The second-order valence-corrected chi connectivity index (χ2v) is 9.28. The number of hydrogen-bond donors (Lipinski definition) is 0. The first-order valence-corrected chi connectivity index (χ1v) is 10.8. The predicted octanol–water partition coefficient (Wildman–Crippen LogP) is 4.51. The van der Waals surface area contributed by atoms with E-state index in [1.165, 1.54) is 0 Å². The fraction of sp³-hybridized carbons (Fsp3) is 0.526. The third kappa shape index (κ3) is 3.98. The number of nitrogens with zero attached hydrogens (tertiary/aromatic N) is 5. The molecule has 1 aliphatic heterocycles. The third-order valence-electron chi connectivity index (χ3n) is 4.56. The van der Waals surface area contributed by atoms with Crippen molar-refractivity contribution in [2.45, 2.75) is 39.8 Å². The van der Waals surface area contributed by atoms with Crippen LogP contribution in [-0.2, 0) is 11.3 Å². The summed E-state index contributed by atoms with van der Waals surface area (Å²) in [4.78, 5) is 21.0. The molecule has 1 aromatic carbocycles. The molecule has 0 radical (unpaired) electrons. The molecular weight excluding hydrogens is 490 g/mol. The van der Waals surface area contributed by atoms with Gasteiger partial charge in [-0.25, -0.2) is 9.78 Å². The van der Waals surface area contributed by atoms with Crippen molar-refractivity contribution < 1.29 is 9.53 Å². The van der Waals surface area contributed by atoms with Gasteiger partial charge in [-0.05, 0) is 65.6 Å². The van der Waals surface area contributed by atoms with Gasteiger partial charge in [0.2, 0.25) is 5.95 Å². The number of anilines is 1. The number of nitriles is 1. The molecule has 9 heteroatoms. The highest BCUT2D eigenvalue weighted by molar-refractivity contribution is 9.13. The molecule has 1 amide bonds. The van der Waals surface area contributed by atoms with E-state index in [9.17, 15) is 10.1 Å². The van der Waals surface area contributed by atoms with Crippen LogP contribution < -0.4 is 4.90 Å². The summed E-state index contributed by atoms with van der Waals surface area (Å²) in [5, 5.41) is 9.59. The lowest BCUT2D eigenvalue weighted by Gasteiger charge is -2.36. The number of carbonyl (C=O) groups excluding carboxylic acids is 1. The molecule has 0 N–H and O–H groups in total. The van der Waals surface area contributed by atoms with E-state index in [0.29, 0.717) is 41.7 Å². The minimum absolute atomic E-state index is 0.282. The zero-order chi connectivity index (χ0) is 20.6. The summed E-state index contributed by atoms with van der Waals surface area (Å²) in [7, 11) is 0. The van der Waals surface area contributed by atoms with Crippen LogP contribution in [-0.4, -0.2) is 52.3 Å². The number of fused-ring (bicyclic) bond motifs is 1. The van der Waals surface area contributed by atoms with Crippen LogP contribution in [0.3, 0.4) is 0 Å². The molecule has 28 heavy (non-hydrogen) atoms. The molecule has 1 saturated heterocycles. The fourth-order valence-electron chi connectivity index (χ4n) is 3.26. The number of piperazine rings is 1. The minimum Gasteiger partial charge on any atom is -0.444 e. The van der Waals surface area contributed by atoms with Gasteiger partial charge in [0.05, 0.1) is 15.6 Å². The van der Waals surface area contributed by atoms with E-state index < -0.39 is 5.60 Å². The van der Waals surface area contributed by atoms with Crippen LogP contribution in [0.25, 0.3) is 11.0 Å². The van der Waals surface area contributed by atoms with E-state index in [0.717, 1.165) is 22.5 Å². The molecule has 0 spiro atoms. The van der Waals surface area contributed by atoms with Crippen LogP contribution in [0, 0.1) is 11.3 Å². The fourth-order valence-corrected chi connectivity index (χ4v) is 4.07. The van der Waals surface area contributed by atoms with Crippen LogP contribution >= 0.6 is 31.9 Å².